The summed E-state index contributed by atoms with van der Waals surface area (Å²) in [5, 5.41) is 20.5. The summed E-state index contributed by atoms with van der Waals surface area (Å²) in [5.41, 5.74) is -0.671. The fraction of sp³-hybridized carbons (Fsp3) is 0.462. The van der Waals surface area contributed by atoms with Gasteiger partial charge in [0.15, 0.2) is 16.4 Å². The van der Waals surface area contributed by atoms with Gasteiger partial charge in [0, 0.05) is 12.6 Å². The molecule has 0 aliphatic carbocycles. The number of carbonyl (C=O) groups is 1. The maximum absolute atomic E-state index is 12.8. The van der Waals surface area contributed by atoms with Crippen LogP contribution in [-0.4, -0.2) is 54.5 Å². The normalized spacial score (nSPS) is 20.8. The molecule has 130 valence electrons. The zero-order chi connectivity index (χ0) is 17.5. The van der Waals surface area contributed by atoms with Crippen molar-refractivity contribution < 1.29 is 32.7 Å². The van der Waals surface area contributed by atoms with E-state index >= 15 is 0 Å². The first kappa shape index (κ1) is 16.5. The highest BCUT2D eigenvalue weighted by atomic mass is 32.2. The number of nitro benzene ring substituents is 1. The summed E-state index contributed by atoms with van der Waals surface area (Å²) >= 11 is 0. The van der Waals surface area contributed by atoms with Crippen molar-refractivity contribution in [2.75, 3.05) is 19.8 Å². The van der Waals surface area contributed by atoms with E-state index in [1.165, 1.54) is 0 Å². The molecule has 1 fully saturated rings. The molecule has 10 nitrogen and oxygen atoms in total. The Hall–Kier alpha value is -2.40. The Morgan fingerprint density at radius 3 is 2.50 bits per heavy atom. The number of carboxylic acids is 1. The molecule has 2 heterocycles. The Balaban J connectivity index is 2.13. The molecule has 2 aliphatic heterocycles. The molecular formula is C13H14N2O8S. The van der Waals surface area contributed by atoms with Crippen molar-refractivity contribution in [3.05, 3.63) is 22.2 Å². The molecule has 0 amide bonds. The summed E-state index contributed by atoms with van der Waals surface area (Å²) in [4.78, 5) is 21.1. The Morgan fingerprint density at radius 1 is 1.29 bits per heavy atom. The first-order valence-corrected chi connectivity index (χ1v) is 8.59. The van der Waals surface area contributed by atoms with E-state index in [0.29, 0.717) is 6.42 Å². The van der Waals surface area contributed by atoms with Gasteiger partial charge in [0.05, 0.1) is 11.0 Å². The van der Waals surface area contributed by atoms with Gasteiger partial charge in [-0.1, -0.05) is 0 Å². The summed E-state index contributed by atoms with van der Waals surface area (Å²) < 4.78 is 36.9. The van der Waals surface area contributed by atoms with E-state index in [4.69, 9.17) is 9.47 Å². The van der Waals surface area contributed by atoms with Gasteiger partial charge in [0.2, 0.25) is 0 Å². The number of benzene rings is 1. The molecule has 11 heteroatoms. The van der Waals surface area contributed by atoms with Crippen LogP contribution in [0.5, 0.6) is 11.5 Å². The van der Waals surface area contributed by atoms with Crippen molar-refractivity contribution in [1.82, 2.24) is 4.31 Å². The minimum absolute atomic E-state index is 0.00903. The van der Waals surface area contributed by atoms with Crippen LogP contribution in [0.4, 0.5) is 5.69 Å². The van der Waals surface area contributed by atoms with Gasteiger partial charge in [-0.05, 0) is 12.8 Å². The lowest BCUT2D eigenvalue weighted by Crippen LogP contribution is -2.40. The van der Waals surface area contributed by atoms with Crippen molar-refractivity contribution in [1.29, 1.82) is 0 Å². The van der Waals surface area contributed by atoms with E-state index in [-0.39, 0.29) is 37.7 Å². The van der Waals surface area contributed by atoms with Crippen LogP contribution in [0, 0.1) is 10.1 Å². The molecule has 1 aromatic rings. The zero-order valence-corrected chi connectivity index (χ0v) is 13.2. The smallest absolute Gasteiger partial charge is 0.322 e. The van der Waals surface area contributed by atoms with Gasteiger partial charge < -0.3 is 14.6 Å². The van der Waals surface area contributed by atoms with Gasteiger partial charge in [-0.3, -0.25) is 14.9 Å². The fourth-order valence-electron chi connectivity index (χ4n) is 2.81. The van der Waals surface area contributed by atoms with E-state index in [1.54, 1.807) is 0 Å². The number of carboxylic acid groups (broad SMARTS) is 1. The summed E-state index contributed by atoms with van der Waals surface area (Å²) in [6.45, 7) is 0.375. The first-order chi connectivity index (χ1) is 11.3. The second kappa shape index (κ2) is 5.91. The van der Waals surface area contributed by atoms with Gasteiger partial charge in [0.1, 0.15) is 19.3 Å². The summed E-state index contributed by atoms with van der Waals surface area (Å²) in [6.07, 6.45) is 0.529. The molecule has 3 rings (SSSR count). The average molecular weight is 358 g/mol. The van der Waals surface area contributed by atoms with Crippen LogP contribution >= 0.6 is 0 Å². The summed E-state index contributed by atoms with van der Waals surface area (Å²) in [5.74, 6) is -1.11. The topological polar surface area (TPSA) is 136 Å². The Bertz CT molecular complexity index is 806. The highest BCUT2D eigenvalue weighted by Crippen LogP contribution is 2.40. The van der Waals surface area contributed by atoms with Crippen LogP contribution in [0.15, 0.2) is 17.0 Å². The standard InChI is InChI=1S/C13H14N2O8S/c16-13(17)8-2-1-3-14(8)24(20,21)12-7-11-10(22-4-5-23-11)6-9(12)15(18)19/h6-8H,1-5H2,(H,16,17)/t8-/m1/s1. The van der Waals surface area contributed by atoms with Gasteiger partial charge in [-0.2, -0.15) is 4.31 Å². The number of fused-ring (bicyclic) bond motifs is 1. The van der Waals surface area contributed by atoms with Gasteiger partial charge >= 0.3 is 5.97 Å². The van der Waals surface area contributed by atoms with Gasteiger partial charge in [-0.25, -0.2) is 8.42 Å². The Kier molecular flexibility index (Phi) is 4.05. The van der Waals surface area contributed by atoms with E-state index in [2.05, 4.69) is 0 Å². The Labute approximate surface area is 136 Å². The third-order valence-electron chi connectivity index (χ3n) is 3.90. The van der Waals surface area contributed by atoms with Crippen LogP contribution < -0.4 is 9.47 Å². The molecule has 1 atom stereocenters. The molecule has 24 heavy (non-hydrogen) atoms. The molecule has 1 aromatic carbocycles. The predicted octanol–water partition coefficient (Wildman–Crippen LogP) is 0.604. The number of nitro groups is 1. The van der Waals surface area contributed by atoms with Crippen LogP contribution in [0.25, 0.3) is 0 Å². The molecule has 2 aliphatic rings. The number of hydrogen-bond donors (Lipinski definition) is 1. The minimum atomic E-state index is -4.37. The number of sulfonamides is 1. The number of hydrogen-bond acceptors (Lipinski definition) is 7. The predicted molar refractivity (Wildman–Crippen MR) is 78.6 cm³/mol. The average Bonchev–Trinajstić information content (AvgIpc) is 3.04. The molecule has 0 radical (unpaired) electrons. The molecule has 0 spiro atoms. The molecule has 0 bridgehead atoms. The van der Waals surface area contributed by atoms with E-state index < -0.39 is 37.5 Å². The number of rotatable bonds is 4. The second-order valence-corrected chi connectivity index (χ2v) is 7.19. The molecule has 1 saturated heterocycles. The SMILES string of the molecule is O=C(O)[C@H]1CCCN1S(=O)(=O)c1cc2c(cc1[N+](=O)[O-])OCCO2. The lowest BCUT2D eigenvalue weighted by atomic mass is 10.2. The molecule has 1 N–H and O–H groups in total. The van der Waals surface area contributed by atoms with E-state index in [0.717, 1.165) is 16.4 Å². The van der Waals surface area contributed by atoms with Crippen LogP contribution in [-0.2, 0) is 14.8 Å². The lowest BCUT2D eigenvalue weighted by Gasteiger charge is -2.23. The minimum Gasteiger partial charge on any atom is -0.486 e. The monoisotopic (exact) mass is 358 g/mol. The van der Waals surface area contributed by atoms with Crippen LogP contribution in [0.2, 0.25) is 0 Å². The van der Waals surface area contributed by atoms with Gasteiger partial charge in [-0.15, -0.1) is 0 Å². The molecule has 0 saturated carbocycles. The highest BCUT2D eigenvalue weighted by molar-refractivity contribution is 7.89. The van der Waals surface area contributed by atoms with Crippen molar-refractivity contribution in [3.63, 3.8) is 0 Å². The zero-order valence-electron chi connectivity index (χ0n) is 12.4. The number of aliphatic carboxylic acids is 1. The second-order valence-electron chi connectivity index (χ2n) is 5.33. The molecular weight excluding hydrogens is 344 g/mol. The van der Waals surface area contributed by atoms with Crippen molar-refractivity contribution >= 4 is 21.7 Å². The van der Waals surface area contributed by atoms with Crippen molar-refractivity contribution in [2.45, 2.75) is 23.8 Å². The quantitative estimate of drug-likeness (QED) is 0.610. The van der Waals surface area contributed by atoms with Crippen LogP contribution in [0.1, 0.15) is 12.8 Å². The third-order valence-corrected chi connectivity index (χ3v) is 5.83. The number of nitrogens with zero attached hydrogens (tertiary/aromatic N) is 2. The maximum Gasteiger partial charge on any atom is 0.322 e. The Morgan fingerprint density at radius 2 is 1.92 bits per heavy atom. The number of ether oxygens (including phenoxy) is 2. The van der Waals surface area contributed by atoms with E-state index in [1.807, 2.05) is 0 Å². The summed E-state index contributed by atoms with van der Waals surface area (Å²) in [7, 11) is -4.37. The molecule has 0 unspecified atom stereocenters. The van der Waals surface area contributed by atoms with Crippen molar-refractivity contribution in [2.24, 2.45) is 0 Å². The fourth-order valence-corrected chi connectivity index (χ4v) is 4.62. The van der Waals surface area contributed by atoms with Crippen LogP contribution in [0.3, 0.4) is 0 Å². The largest absolute Gasteiger partial charge is 0.486 e. The third kappa shape index (κ3) is 2.65. The summed E-state index contributed by atoms with van der Waals surface area (Å²) in [6, 6.07) is 0.787. The first-order valence-electron chi connectivity index (χ1n) is 7.15. The highest BCUT2D eigenvalue weighted by Gasteiger charge is 2.43. The van der Waals surface area contributed by atoms with Gasteiger partial charge in [0.25, 0.3) is 15.7 Å². The van der Waals surface area contributed by atoms with E-state index in [9.17, 15) is 28.4 Å². The lowest BCUT2D eigenvalue weighted by molar-refractivity contribution is -0.388. The van der Waals surface area contributed by atoms with Crippen molar-refractivity contribution in [3.8, 4) is 11.5 Å². The molecule has 0 aromatic heterocycles. The maximum atomic E-state index is 12.8.